The third-order valence-corrected chi connectivity index (χ3v) is 5.77. The predicted molar refractivity (Wildman–Crippen MR) is 89.5 cm³/mol. The highest BCUT2D eigenvalue weighted by Crippen LogP contribution is 2.34. The number of benzene rings is 1. The first-order valence-electron chi connectivity index (χ1n) is 7.14. The number of amidine groups is 1. The molecule has 0 spiro atoms. The molecule has 0 atom stereocenters. The van der Waals surface area contributed by atoms with E-state index in [2.05, 4.69) is 4.90 Å². The van der Waals surface area contributed by atoms with Gasteiger partial charge in [-0.3, -0.25) is 0 Å². The number of hydrogen-bond donors (Lipinski definition) is 0. The van der Waals surface area contributed by atoms with Crippen molar-refractivity contribution in [1.82, 2.24) is 4.90 Å². The van der Waals surface area contributed by atoms with E-state index in [0.717, 1.165) is 35.6 Å². The number of nitrogens with zero attached hydrogens (tertiary/aromatic N) is 2. The molecule has 2 fully saturated rings. The predicted octanol–water partition coefficient (Wildman–Crippen LogP) is 5.22. The van der Waals surface area contributed by atoms with E-state index in [-0.39, 0.29) is 0 Å². The van der Waals surface area contributed by atoms with Crippen molar-refractivity contribution in [2.24, 2.45) is 10.9 Å². The van der Waals surface area contributed by atoms with E-state index in [1.165, 1.54) is 25.7 Å². The highest BCUT2D eigenvalue weighted by Gasteiger charge is 2.25. The summed E-state index contributed by atoms with van der Waals surface area (Å²) < 4.78 is 0. The normalized spacial score (nSPS) is 22.1. The minimum absolute atomic E-state index is 0.551. The number of rotatable bonds is 3. The smallest absolute Gasteiger partial charge is 0.164 e. The third kappa shape index (κ3) is 3.26. The molecule has 3 rings (SSSR count). The highest BCUT2D eigenvalue weighted by atomic mass is 35.5. The van der Waals surface area contributed by atoms with E-state index < -0.39 is 0 Å². The fourth-order valence-corrected chi connectivity index (χ4v) is 4.24. The third-order valence-electron chi connectivity index (χ3n) is 3.96. The second-order valence-corrected chi connectivity index (χ2v) is 7.26. The van der Waals surface area contributed by atoms with E-state index >= 15 is 0 Å². The van der Waals surface area contributed by atoms with Crippen LogP contribution in [0.1, 0.15) is 25.7 Å². The standard InChI is InChI=1S/C15H18Cl2N2S/c16-12-6-3-7-13(14(12)17)18-15-19(8-9-20-15)10-11-4-1-2-5-11/h3,6-7,11H,1-2,4-5,8-10H2. The molecule has 1 aromatic rings. The second-order valence-electron chi connectivity index (χ2n) is 5.41. The molecule has 0 unspecified atom stereocenters. The molecule has 5 heteroatoms. The first kappa shape index (κ1) is 14.6. The average molecular weight is 329 g/mol. The van der Waals surface area contributed by atoms with Crippen LogP contribution in [0, 0.1) is 5.92 Å². The van der Waals surface area contributed by atoms with Gasteiger partial charge in [-0.05, 0) is 30.9 Å². The first-order valence-corrected chi connectivity index (χ1v) is 8.88. The van der Waals surface area contributed by atoms with E-state index in [1.807, 2.05) is 23.9 Å². The zero-order chi connectivity index (χ0) is 13.9. The molecule has 1 saturated heterocycles. The summed E-state index contributed by atoms with van der Waals surface area (Å²) in [5.74, 6) is 1.96. The molecule has 1 aliphatic heterocycles. The molecular formula is C15H18Cl2N2S. The molecular weight excluding hydrogens is 311 g/mol. The lowest BCUT2D eigenvalue weighted by atomic mass is 10.1. The van der Waals surface area contributed by atoms with Crippen LogP contribution >= 0.6 is 35.0 Å². The van der Waals surface area contributed by atoms with Crippen molar-refractivity contribution in [2.75, 3.05) is 18.8 Å². The van der Waals surface area contributed by atoms with Gasteiger partial charge in [0.05, 0.1) is 15.7 Å². The lowest BCUT2D eigenvalue weighted by Gasteiger charge is -2.21. The van der Waals surface area contributed by atoms with Crippen LogP contribution in [0.4, 0.5) is 5.69 Å². The quantitative estimate of drug-likeness (QED) is 0.755. The summed E-state index contributed by atoms with van der Waals surface area (Å²) in [6, 6.07) is 5.62. The SMILES string of the molecule is Clc1cccc(N=C2SCCN2CC2CCCC2)c1Cl. The van der Waals surface area contributed by atoms with Crippen molar-refractivity contribution < 1.29 is 0 Å². The molecule has 108 valence electrons. The van der Waals surface area contributed by atoms with Crippen LogP contribution in [0.2, 0.25) is 10.0 Å². The van der Waals surface area contributed by atoms with Gasteiger partial charge in [0.2, 0.25) is 0 Å². The summed E-state index contributed by atoms with van der Waals surface area (Å²) >= 11 is 14.1. The second kappa shape index (κ2) is 6.59. The van der Waals surface area contributed by atoms with Crippen molar-refractivity contribution in [3.05, 3.63) is 28.2 Å². The fraction of sp³-hybridized carbons (Fsp3) is 0.533. The fourth-order valence-electron chi connectivity index (χ4n) is 2.89. The van der Waals surface area contributed by atoms with Crippen LogP contribution < -0.4 is 0 Å². The Morgan fingerprint density at radius 2 is 2.05 bits per heavy atom. The zero-order valence-electron chi connectivity index (χ0n) is 11.3. The van der Waals surface area contributed by atoms with Crippen molar-refractivity contribution >= 4 is 45.8 Å². The number of hydrogen-bond acceptors (Lipinski definition) is 2. The van der Waals surface area contributed by atoms with Crippen molar-refractivity contribution in [2.45, 2.75) is 25.7 Å². The van der Waals surface area contributed by atoms with E-state index in [1.54, 1.807) is 6.07 Å². The van der Waals surface area contributed by atoms with Crippen LogP contribution in [0.3, 0.4) is 0 Å². The largest absolute Gasteiger partial charge is 0.350 e. The average Bonchev–Trinajstić information content (AvgIpc) is 3.08. The Hall–Kier alpha value is -0.380. The Balaban J connectivity index is 1.76. The van der Waals surface area contributed by atoms with Crippen molar-refractivity contribution in [3.63, 3.8) is 0 Å². The van der Waals surface area contributed by atoms with Gasteiger partial charge in [-0.15, -0.1) is 0 Å². The van der Waals surface area contributed by atoms with Crippen LogP contribution in [-0.4, -0.2) is 28.9 Å². The molecule has 20 heavy (non-hydrogen) atoms. The molecule has 1 saturated carbocycles. The van der Waals surface area contributed by atoms with E-state index in [0.29, 0.717) is 10.0 Å². The molecule has 1 aromatic carbocycles. The maximum absolute atomic E-state index is 6.22. The summed E-state index contributed by atoms with van der Waals surface area (Å²) in [5.41, 5.74) is 0.778. The summed E-state index contributed by atoms with van der Waals surface area (Å²) in [6.07, 6.45) is 5.51. The van der Waals surface area contributed by atoms with Gasteiger partial charge in [0.15, 0.2) is 5.17 Å². The summed E-state index contributed by atoms with van der Waals surface area (Å²) in [4.78, 5) is 7.15. The molecule has 1 heterocycles. The van der Waals surface area contributed by atoms with Gasteiger partial charge in [0, 0.05) is 18.8 Å². The minimum Gasteiger partial charge on any atom is -0.350 e. The molecule has 0 amide bonds. The molecule has 2 aliphatic rings. The van der Waals surface area contributed by atoms with Crippen LogP contribution in [0.5, 0.6) is 0 Å². The Morgan fingerprint density at radius 3 is 2.85 bits per heavy atom. The van der Waals surface area contributed by atoms with E-state index in [4.69, 9.17) is 28.2 Å². The van der Waals surface area contributed by atoms with Crippen LogP contribution in [0.15, 0.2) is 23.2 Å². The van der Waals surface area contributed by atoms with Crippen molar-refractivity contribution in [1.29, 1.82) is 0 Å². The van der Waals surface area contributed by atoms with E-state index in [9.17, 15) is 0 Å². The lowest BCUT2D eigenvalue weighted by Crippen LogP contribution is -2.29. The van der Waals surface area contributed by atoms with Gasteiger partial charge in [-0.2, -0.15) is 0 Å². The Kier molecular flexibility index (Phi) is 4.79. The highest BCUT2D eigenvalue weighted by molar-refractivity contribution is 8.14. The molecule has 1 aliphatic carbocycles. The van der Waals surface area contributed by atoms with Crippen LogP contribution in [-0.2, 0) is 0 Å². The molecule has 0 radical (unpaired) electrons. The van der Waals surface area contributed by atoms with Crippen LogP contribution in [0.25, 0.3) is 0 Å². The minimum atomic E-state index is 0.551. The Morgan fingerprint density at radius 1 is 1.25 bits per heavy atom. The number of aliphatic imine (C=N–C) groups is 1. The number of halogens is 2. The monoisotopic (exact) mass is 328 g/mol. The Labute approximate surface area is 134 Å². The van der Waals surface area contributed by atoms with Gasteiger partial charge in [0.25, 0.3) is 0 Å². The summed E-state index contributed by atoms with van der Waals surface area (Å²) in [6.45, 7) is 2.24. The van der Waals surface area contributed by atoms with Gasteiger partial charge in [-0.25, -0.2) is 4.99 Å². The molecule has 0 N–H and O–H groups in total. The number of thioether (sulfide) groups is 1. The zero-order valence-corrected chi connectivity index (χ0v) is 13.6. The molecule has 0 aromatic heterocycles. The molecule has 2 nitrogen and oxygen atoms in total. The lowest BCUT2D eigenvalue weighted by molar-refractivity contribution is 0.366. The maximum Gasteiger partial charge on any atom is 0.164 e. The summed E-state index contributed by atoms with van der Waals surface area (Å²) in [7, 11) is 0. The van der Waals surface area contributed by atoms with Gasteiger partial charge >= 0.3 is 0 Å². The topological polar surface area (TPSA) is 15.6 Å². The van der Waals surface area contributed by atoms with Crippen molar-refractivity contribution in [3.8, 4) is 0 Å². The van der Waals surface area contributed by atoms with Gasteiger partial charge in [-0.1, -0.05) is 53.9 Å². The van der Waals surface area contributed by atoms with Gasteiger partial charge < -0.3 is 4.90 Å². The molecule has 0 bridgehead atoms. The maximum atomic E-state index is 6.22. The summed E-state index contributed by atoms with van der Waals surface area (Å²) in [5, 5.41) is 2.22. The van der Waals surface area contributed by atoms with Gasteiger partial charge in [0.1, 0.15) is 0 Å². The Bertz CT molecular complexity index is 513. The first-order chi connectivity index (χ1) is 9.74.